The summed E-state index contributed by atoms with van der Waals surface area (Å²) < 4.78 is 2.07. The number of thioether (sulfide) groups is 1. The second-order valence-corrected chi connectivity index (χ2v) is 8.58. The van der Waals surface area contributed by atoms with Gasteiger partial charge in [0.25, 0.3) is 5.95 Å². The Hall–Kier alpha value is -3.09. The van der Waals surface area contributed by atoms with Crippen LogP contribution in [0, 0.1) is 6.92 Å². The number of para-hydroxylation sites is 1. The second-order valence-electron chi connectivity index (χ2n) is 7.26. The molecule has 0 saturated carbocycles. The number of anilines is 1. The number of nitrogens with zero attached hydrogens (tertiary/aromatic N) is 5. The maximum Gasteiger partial charge on any atom is 0.252 e. The van der Waals surface area contributed by atoms with Crippen molar-refractivity contribution in [1.29, 1.82) is 0 Å². The molecule has 1 aliphatic rings. The lowest BCUT2D eigenvalue weighted by molar-refractivity contribution is 0.795. The number of halogens is 1. The molecular formula is C24H20ClN5S. The third-order valence-electron chi connectivity index (χ3n) is 5.27. The van der Waals surface area contributed by atoms with E-state index < -0.39 is 0 Å². The highest BCUT2D eigenvalue weighted by atomic mass is 35.5. The van der Waals surface area contributed by atoms with Crippen LogP contribution in [0.4, 0.5) is 5.95 Å². The number of hydrazone groups is 1. The third-order valence-corrected chi connectivity index (χ3v) is 6.26. The molecule has 7 heteroatoms. The van der Waals surface area contributed by atoms with E-state index in [1.165, 1.54) is 4.90 Å². The molecule has 0 radical (unpaired) electrons. The van der Waals surface area contributed by atoms with Crippen LogP contribution < -0.4 is 5.01 Å². The predicted molar refractivity (Wildman–Crippen MR) is 128 cm³/mol. The molecular weight excluding hydrogens is 426 g/mol. The first kappa shape index (κ1) is 19.8. The molecule has 0 aliphatic carbocycles. The Morgan fingerprint density at radius 2 is 1.65 bits per heavy atom. The van der Waals surface area contributed by atoms with Crippen LogP contribution in [-0.2, 0) is 6.54 Å². The lowest BCUT2D eigenvalue weighted by Crippen LogP contribution is -2.20. The number of benzene rings is 3. The minimum Gasteiger partial charge on any atom is -0.263 e. The second kappa shape index (κ2) is 8.21. The summed E-state index contributed by atoms with van der Waals surface area (Å²) in [4.78, 5) is 1.23. The first-order valence-electron chi connectivity index (χ1n) is 9.91. The largest absolute Gasteiger partial charge is 0.263 e. The van der Waals surface area contributed by atoms with Crippen LogP contribution in [0.25, 0.3) is 5.69 Å². The molecule has 154 valence electrons. The number of hydrogen-bond donors (Lipinski definition) is 0. The Morgan fingerprint density at radius 3 is 2.39 bits per heavy atom. The minimum atomic E-state index is 0.581. The van der Waals surface area contributed by atoms with E-state index in [-0.39, 0.29) is 0 Å². The zero-order valence-electron chi connectivity index (χ0n) is 17.2. The summed E-state index contributed by atoms with van der Waals surface area (Å²) in [5.74, 6) is 1.51. The van der Waals surface area contributed by atoms with Gasteiger partial charge in [0, 0.05) is 21.0 Å². The summed E-state index contributed by atoms with van der Waals surface area (Å²) >= 11 is 7.88. The van der Waals surface area contributed by atoms with Crippen molar-refractivity contribution in [3.8, 4) is 5.69 Å². The summed E-state index contributed by atoms with van der Waals surface area (Å²) in [7, 11) is 0. The summed E-state index contributed by atoms with van der Waals surface area (Å²) in [6, 6.07) is 24.5. The van der Waals surface area contributed by atoms with Crippen LogP contribution in [0.5, 0.6) is 0 Å². The first-order chi connectivity index (χ1) is 15.1. The van der Waals surface area contributed by atoms with Gasteiger partial charge in [-0.25, -0.2) is 5.01 Å². The molecule has 1 aliphatic heterocycles. The third kappa shape index (κ3) is 3.73. The minimum absolute atomic E-state index is 0.581. The van der Waals surface area contributed by atoms with Crippen molar-refractivity contribution >= 4 is 35.0 Å². The van der Waals surface area contributed by atoms with E-state index >= 15 is 0 Å². The number of fused-ring (bicyclic) bond motifs is 3. The van der Waals surface area contributed by atoms with Crippen LogP contribution in [-0.4, -0.2) is 26.7 Å². The van der Waals surface area contributed by atoms with E-state index in [9.17, 15) is 0 Å². The van der Waals surface area contributed by atoms with E-state index in [4.69, 9.17) is 16.7 Å². The summed E-state index contributed by atoms with van der Waals surface area (Å²) in [5, 5.41) is 16.5. The van der Waals surface area contributed by atoms with Crippen molar-refractivity contribution in [3.05, 3.63) is 100 Å². The normalized spacial score (nSPS) is 12.7. The quantitative estimate of drug-likeness (QED) is 0.377. The zero-order valence-corrected chi connectivity index (χ0v) is 18.7. The molecule has 0 atom stereocenters. The van der Waals surface area contributed by atoms with Crippen LogP contribution in [0.1, 0.15) is 22.5 Å². The molecule has 0 bridgehead atoms. The highest BCUT2D eigenvalue weighted by molar-refractivity contribution is 7.98. The Labute approximate surface area is 190 Å². The Morgan fingerprint density at radius 1 is 0.903 bits per heavy atom. The van der Waals surface area contributed by atoms with Crippen LogP contribution in [0.15, 0.2) is 82.8 Å². The molecule has 5 nitrogen and oxygen atoms in total. The van der Waals surface area contributed by atoms with Crippen molar-refractivity contribution < 1.29 is 0 Å². The van der Waals surface area contributed by atoms with E-state index in [2.05, 4.69) is 57.4 Å². The SMILES string of the molecule is CSc1ccc(CN2N=C(c3ccc(Cl)cc3)c3ccccc3-n3c(C)nnc32)cc1. The maximum atomic E-state index is 6.15. The number of aromatic nitrogens is 3. The molecule has 0 saturated heterocycles. The summed E-state index contributed by atoms with van der Waals surface area (Å²) in [6.45, 7) is 2.55. The van der Waals surface area contributed by atoms with Crippen LogP contribution in [0.3, 0.4) is 0 Å². The van der Waals surface area contributed by atoms with Gasteiger partial charge in [0.2, 0.25) is 0 Å². The van der Waals surface area contributed by atoms with Gasteiger partial charge in [0.1, 0.15) is 11.5 Å². The number of hydrogen-bond acceptors (Lipinski definition) is 5. The molecule has 0 spiro atoms. The fraction of sp³-hybridized carbons (Fsp3) is 0.125. The van der Waals surface area contributed by atoms with Gasteiger partial charge in [-0.2, -0.15) is 5.10 Å². The fourth-order valence-corrected chi connectivity index (χ4v) is 4.25. The molecule has 4 aromatic rings. The number of rotatable bonds is 4. The average molecular weight is 446 g/mol. The lowest BCUT2D eigenvalue weighted by atomic mass is 10.0. The Balaban J connectivity index is 1.68. The molecule has 5 rings (SSSR count). The van der Waals surface area contributed by atoms with Gasteiger partial charge in [-0.05, 0) is 49.1 Å². The van der Waals surface area contributed by atoms with Gasteiger partial charge < -0.3 is 0 Å². The van der Waals surface area contributed by atoms with Crippen molar-refractivity contribution in [2.75, 3.05) is 11.3 Å². The monoisotopic (exact) mass is 445 g/mol. The van der Waals surface area contributed by atoms with Gasteiger partial charge in [0.05, 0.1) is 12.2 Å². The van der Waals surface area contributed by atoms with Gasteiger partial charge in [0.15, 0.2) is 0 Å². The van der Waals surface area contributed by atoms with Crippen molar-refractivity contribution in [2.45, 2.75) is 18.4 Å². The van der Waals surface area contributed by atoms with Gasteiger partial charge in [-0.3, -0.25) is 4.57 Å². The Kier molecular flexibility index (Phi) is 5.26. The topological polar surface area (TPSA) is 46.3 Å². The van der Waals surface area contributed by atoms with Gasteiger partial charge >= 0.3 is 0 Å². The standard InChI is InChI=1S/C24H20ClN5S/c1-16-26-27-24-29(15-17-7-13-20(31-2)14-8-17)28-23(18-9-11-19(25)12-10-18)21-5-3-4-6-22(21)30(16)24/h3-14H,15H2,1-2H3. The number of aryl methyl sites for hydroxylation is 1. The Bertz CT molecular complexity index is 1260. The van der Waals surface area contributed by atoms with E-state index in [1.807, 2.05) is 48.3 Å². The van der Waals surface area contributed by atoms with Crippen LogP contribution in [0.2, 0.25) is 5.02 Å². The first-order valence-corrected chi connectivity index (χ1v) is 11.5. The van der Waals surface area contributed by atoms with Crippen molar-refractivity contribution in [3.63, 3.8) is 0 Å². The fourth-order valence-electron chi connectivity index (χ4n) is 3.72. The molecule has 31 heavy (non-hydrogen) atoms. The molecule has 1 aromatic heterocycles. The van der Waals surface area contributed by atoms with Crippen molar-refractivity contribution in [1.82, 2.24) is 14.8 Å². The van der Waals surface area contributed by atoms with Crippen molar-refractivity contribution in [2.24, 2.45) is 5.10 Å². The maximum absolute atomic E-state index is 6.15. The van der Waals surface area contributed by atoms with Gasteiger partial charge in [-0.1, -0.05) is 54.1 Å². The van der Waals surface area contributed by atoms with Gasteiger partial charge in [-0.15, -0.1) is 22.0 Å². The van der Waals surface area contributed by atoms with E-state index in [1.54, 1.807) is 11.8 Å². The molecule has 2 heterocycles. The smallest absolute Gasteiger partial charge is 0.252 e. The highest BCUT2D eigenvalue weighted by Gasteiger charge is 2.26. The van der Waals surface area contributed by atoms with E-state index in [0.29, 0.717) is 17.5 Å². The lowest BCUT2D eigenvalue weighted by Gasteiger charge is -2.18. The molecule has 0 amide bonds. The zero-order chi connectivity index (χ0) is 21.4. The average Bonchev–Trinajstić information content (AvgIpc) is 3.12. The molecule has 3 aromatic carbocycles. The summed E-state index contributed by atoms with van der Waals surface area (Å²) in [5.41, 5.74) is 5.05. The molecule has 0 N–H and O–H groups in total. The summed E-state index contributed by atoms with van der Waals surface area (Å²) in [6.07, 6.45) is 2.08. The van der Waals surface area contributed by atoms with Crippen LogP contribution >= 0.6 is 23.4 Å². The highest BCUT2D eigenvalue weighted by Crippen LogP contribution is 2.31. The molecule has 0 unspecified atom stereocenters. The predicted octanol–water partition coefficient (Wildman–Crippen LogP) is 5.72. The van der Waals surface area contributed by atoms with E-state index in [0.717, 1.165) is 33.9 Å². The molecule has 0 fully saturated rings.